The van der Waals surface area contributed by atoms with Gasteiger partial charge in [-0.15, -0.1) is 0 Å². The molecule has 0 aliphatic rings. The monoisotopic (exact) mass is 306 g/mol. The summed E-state index contributed by atoms with van der Waals surface area (Å²) in [5, 5.41) is 8.77. The summed E-state index contributed by atoms with van der Waals surface area (Å²) in [6, 6.07) is 10.9. The Labute approximate surface area is 122 Å². The van der Waals surface area contributed by atoms with Crippen molar-refractivity contribution in [2.45, 2.75) is 6.42 Å². The number of carboxylic acid groups (broad SMARTS) is 1. The summed E-state index contributed by atoms with van der Waals surface area (Å²) < 4.78 is 26.3. The van der Waals surface area contributed by atoms with Crippen LogP contribution in [0.4, 0.5) is 5.69 Å². The van der Waals surface area contributed by atoms with E-state index in [1.807, 2.05) is 0 Å². The van der Waals surface area contributed by atoms with E-state index in [-0.39, 0.29) is 11.3 Å². The van der Waals surface area contributed by atoms with Crippen molar-refractivity contribution in [2.24, 2.45) is 0 Å². The first kappa shape index (κ1) is 15.0. The number of sulfonamides is 1. The fraction of sp³-hybridized carbons (Fsp3) is 0.143. The van der Waals surface area contributed by atoms with E-state index in [0.717, 1.165) is 0 Å². The number of hydrogen-bond donors (Lipinski definition) is 2. The normalized spacial score (nSPS) is 11.0. The van der Waals surface area contributed by atoms with E-state index in [1.165, 1.54) is 24.3 Å². The van der Waals surface area contributed by atoms with Gasteiger partial charge in [0.2, 0.25) is 10.0 Å². The summed E-state index contributed by atoms with van der Waals surface area (Å²) in [6.07, 6.45) is 1.92. The van der Waals surface area contributed by atoms with Gasteiger partial charge in [0.25, 0.3) is 0 Å². The second kappa shape index (κ2) is 6.36. The molecule has 2 N–H and O–H groups in total. The zero-order valence-electron chi connectivity index (χ0n) is 11.1. The molecule has 6 nitrogen and oxygen atoms in total. The minimum absolute atomic E-state index is 0.0926. The molecule has 2 aromatic rings. The lowest BCUT2D eigenvalue weighted by Gasteiger charge is -2.08. The third-order valence-corrected chi connectivity index (χ3v) is 4.05. The lowest BCUT2D eigenvalue weighted by molar-refractivity contribution is 0.0697. The van der Waals surface area contributed by atoms with Crippen molar-refractivity contribution in [3.8, 4) is 0 Å². The number of carboxylic acids is 1. The SMILES string of the molecule is O=C(O)c1ccc(NS(=O)(=O)CCc2ccccn2)cc1. The molecule has 1 heterocycles. The van der Waals surface area contributed by atoms with Gasteiger partial charge in [-0.1, -0.05) is 6.07 Å². The van der Waals surface area contributed by atoms with Crippen LogP contribution in [0.25, 0.3) is 0 Å². The number of aryl methyl sites for hydroxylation is 1. The predicted octanol–water partition coefficient (Wildman–Crippen LogP) is 1.76. The second-order valence-corrected chi connectivity index (χ2v) is 6.22. The van der Waals surface area contributed by atoms with Crippen molar-refractivity contribution in [2.75, 3.05) is 10.5 Å². The number of anilines is 1. The molecular weight excluding hydrogens is 292 g/mol. The second-order valence-electron chi connectivity index (χ2n) is 4.37. The average Bonchev–Trinajstić information content (AvgIpc) is 2.46. The number of aromatic nitrogens is 1. The smallest absolute Gasteiger partial charge is 0.335 e. The Kier molecular flexibility index (Phi) is 4.54. The van der Waals surface area contributed by atoms with Gasteiger partial charge in [-0.3, -0.25) is 9.71 Å². The summed E-state index contributed by atoms with van der Waals surface area (Å²) in [5.41, 5.74) is 1.14. The molecule has 0 saturated heterocycles. The maximum atomic E-state index is 11.9. The van der Waals surface area contributed by atoms with E-state index < -0.39 is 16.0 Å². The molecule has 0 unspecified atom stereocenters. The molecule has 1 aromatic carbocycles. The molecule has 0 radical (unpaired) electrons. The van der Waals surface area contributed by atoms with Crippen molar-refractivity contribution in [1.82, 2.24) is 4.98 Å². The van der Waals surface area contributed by atoms with Gasteiger partial charge in [-0.25, -0.2) is 13.2 Å². The largest absolute Gasteiger partial charge is 0.478 e. The Morgan fingerprint density at radius 1 is 1.14 bits per heavy atom. The number of aromatic carboxylic acids is 1. The quantitative estimate of drug-likeness (QED) is 0.847. The molecule has 21 heavy (non-hydrogen) atoms. The van der Waals surface area contributed by atoms with Crippen LogP contribution in [0.3, 0.4) is 0 Å². The fourth-order valence-electron chi connectivity index (χ4n) is 1.70. The molecule has 110 valence electrons. The van der Waals surface area contributed by atoms with Crippen LogP contribution in [0.1, 0.15) is 16.1 Å². The maximum Gasteiger partial charge on any atom is 0.335 e. The molecule has 0 aliphatic heterocycles. The zero-order valence-corrected chi connectivity index (χ0v) is 11.9. The Morgan fingerprint density at radius 2 is 1.86 bits per heavy atom. The number of nitrogens with zero attached hydrogens (tertiary/aromatic N) is 1. The summed E-state index contributed by atoms with van der Waals surface area (Å²) >= 11 is 0. The molecule has 1 aromatic heterocycles. The van der Waals surface area contributed by atoms with Crippen molar-refractivity contribution in [3.63, 3.8) is 0 Å². The molecular formula is C14H14N2O4S. The van der Waals surface area contributed by atoms with Crippen LogP contribution in [-0.4, -0.2) is 30.2 Å². The van der Waals surface area contributed by atoms with E-state index >= 15 is 0 Å². The third-order valence-electron chi connectivity index (χ3n) is 2.76. The van der Waals surface area contributed by atoms with Crippen LogP contribution >= 0.6 is 0 Å². The van der Waals surface area contributed by atoms with Crippen LogP contribution in [-0.2, 0) is 16.4 Å². The van der Waals surface area contributed by atoms with Gasteiger partial charge in [0.05, 0.1) is 11.3 Å². The molecule has 0 amide bonds. The highest BCUT2D eigenvalue weighted by Crippen LogP contribution is 2.12. The molecule has 2 rings (SSSR count). The number of pyridine rings is 1. The van der Waals surface area contributed by atoms with Crippen molar-refractivity contribution >= 4 is 21.7 Å². The lowest BCUT2D eigenvalue weighted by Crippen LogP contribution is -2.18. The molecule has 0 spiro atoms. The standard InChI is InChI=1S/C14H14N2O4S/c17-14(18)11-4-6-13(7-5-11)16-21(19,20)10-8-12-3-1-2-9-15-12/h1-7,9,16H,8,10H2,(H,17,18). The summed E-state index contributed by atoms with van der Waals surface area (Å²) in [6.45, 7) is 0. The maximum absolute atomic E-state index is 11.9. The first-order valence-corrected chi connectivity index (χ1v) is 7.85. The first-order valence-electron chi connectivity index (χ1n) is 6.20. The van der Waals surface area contributed by atoms with Gasteiger partial charge in [-0.05, 0) is 36.4 Å². The summed E-state index contributed by atoms with van der Waals surface area (Å²) in [4.78, 5) is 14.8. The molecule has 0 bridgehead atoms. The lowest BCUT2D eigenvalue weighted by atomic mass is 10.2. The van der Waals surface area contributed by atoms with Crippen molar-refractivity contribution < 1.29 is 18.3 Å². The van der Waals surface area contributed by atoms with Gasteiger partial charge in [0, 0.05) is 24.0 Å². The fourth-order valence-corrected chi connectivity index (χ4v) is 2.77. The third kappa shape index (κ3) is 4.57. The van der Waals surface area contributed by atoms with Gasteiger partial charge < -0.3 is 5.11 Å². The minimum Gasteiger partial charge on any atom is -0.478 e. The molecule has 0 saturated carbocycles. The van der Waals surface area contributed by atoms with E-state index in [0.29, 0.717) is 17.8 Å². The Balaban J connectivity index is 1.99. The molecule has 0 atom stereocenters. The first-order chi connectivity index (χ1) is 9.96. The number of hydrogen-bond acceptors (Lipinski definition) is 4. The van der Waals surface area contributed by atoms with Crippen LogP contribution in [0, 0.1) is 0 Å². The number of carbonyl (C=O) groups is 1. The van der Waals surface area contributed by atoms with Gasteiger partial charge in [0.15, 0.2) is 0 Å². The molecule has 7 heteroatoms. The summed E-state index contributed by atoms with van der Waals surface area (Å²) in [7, 11) is -3.50. The van der Waals surface area contributed by atoms with Crippen LogP contribution in [0.2, 0.25) is 0 Å². The Hall–Kier alpha value is -2.41. The Morgan fingerprint density at radius 3 is 2.43 bits per heavy atom. The van der Waals surface area contributed by atoms with E-state index in [1.54, 1.807) is 24.4 Å². The zero-order chi connectivity index (χ0) is 15.3. The summed E-state index contributed by atoms with van der Waals surface area (Å²) in [5.74, 6) is -1.15. The highest BCUT2D eigenvalue weighted by Gasteiger charge is 2.11. The highest BCUT2D eigenvalue weighted by atomic mass is 32.2. The average molecular weight is 306 g/mol. The van der Waals surface area contributed by atoms with Crippen LogP contribution in [0.15, 0.2) is 48.7 Å². The van der Waals surface area contributed by atoms with E-state index in [4.69, 9.17) is 5.11 Å². The van der Waals surface area contributed by atoms with Gasteiger partial charge >= 0.3 is 5.97 Å². The van der Waals surface area contributed by atoms with Gasteiger partial charge in [-0.2, -0.15) is 0 Å². The van der Waals surface area contributed by atoms with Crippen LogP contribution in [0.5, 0.6) is 0 Å². The topological polar surface area (TPSA) is 96.4 Å². The molecule has 0 aliphatic carbocycles. The van der Waals surface area contributed by atoms with Crippen LogP contribution < -0.4 is 4.72 Å². The number of nitrogens with one attached hydrogen (secondary N) is 1. The van der Waals surface area contributed by atoms with E-state index in [9.17, 15) is 13.2 Å². The highest BCUT2D eigenvalue weighted by molar-refractivity contribution is 7.92. The number of rotatable bonds is 6. The predicted molar refractivity (Wildman–Crippen MR) is 78.8 cm³/mol. The minimum atomic E-state index is -3.50. The van der Waals surface area contributed by atoms with Crippen molar-refractivity contribution in [3.05, 3.63) is 59.9 Å². The van der Waals surface area contributed by atoms with Crippen molar-refractivity contribution in [1.29, 1.82) is 0 Å². The Bertz CT molecular complexity index is 712. The number of benzene rings is 1. The van der Waals surface area contributed by atoms with E-state index in [2.05, 4.69) is 9.71 Å². The molecule has 0 fully saturated rings. The van der Waals surface area contributed by atoms with Gasteiger partial charge in [0.1, 0.15) is 0 Å².